The van der Waals surface area contributed by atoms with Crippen molar-refractivity contribution in [3.63, 3.8) is 0 Å². The van der Waals surface area contributed by atoms with Gasteiger partial charge in [-0.05, 0) is 43.4 Å². The zero-order valence-electron chi connectivity index (χ0n) is 9.19. The Kier molecular flexibility index (Phi) is 1.82. The molecule has 3 rings (SSSR count). The molecule has 0 aromatic heterocycles. The van der Waals surface area contributed by atoms with Gasteiger partial charge < -0.3 is 4.74 Å². The molecule has 0 N–H and O–H groups in total. The van der Waals surface area contributed by atoms with Gasteiger partial charge >= 0.3 is 5.97 Å². The molecule has 80 valence electrons. The van der Waals surface area contributed by atoms with E-state index in [-0.39, 0.29) is 5.97 Å². The SMILES string of the molecule is COC(=O)C1=C(C)C2C3C=CC(C3)C2C1. The molecule has 2 nitrogen and oxygen atoms in total. The molecule has 1 fully saturated rings. The molecule has 0 amide bonds. The second-order valence-corrected chi connectivity index (χ2v) is 5.00. The zero-order chi connectivity index (χ0) is 10.6. The molecule has 15 heavy (non-hydrogen) atoms. The quantitative estimate of drug-likeness (QED) is 0.484. The Labute approximate surface area is 90.0 Å². The Bertz CT molecular complexity index is 378. The summed E-state index contributed by atoms with van der Waals surface area (Å²) in [7, 11) is 1.48. The number of rotatable bonds is 1. The molecule has 3 aliphatic rings. The van der Waals surface area contributed by atoms with Crippen LogP contribution < -0.4 is 0 Å². The van der Waals surface area contributed by atoms with Gasteiger partial charge in [0, 0.05) is 5.57 Å². The second-order valence-electron chi connectivity index (χ2n) is 5.00. The lowest BCUT2D eigenvalue weighted by atomic mass is 9.83. The smallest absolute Gasteiger partial charge is 0.333 e. The van der Waals surface area contributed by atoms with E-state index < -0.39 is 0 Å². The predicted molar refractivity (Wildman–Crippen MR) is 57.1 cm³/mol. The van der Waals surface area contributed by atoms with Gasteiger partial charge in [0.15, 0.2) is 0 Å². The number of ether oxygens (including phenoxy) is 1. The van der Waals surface area contributed by atoms with Gasteiger partial charge in [-0.3, -0.25) is 0 Å². The summed E-state index contributed by atoms with van der Waals surface area (Å²) < 4.78 is 4.84. The van der Waals surface area contributed by atoms with Crippen molar-refractivity contribution in [2.75, 3.05) is 7.11 Å². The molecular weight excluding hydrogens is 188 g/mol. The minimum atomic E-state index is -0.110. The molecule has 0 aliphatic heterocycles. The van der Waals surface area contributed by atoms with Crippen molar-refractivity contribution in [2.45, 2.75) is 19.8 Å². The number of methoxy groups -OCH3 is 1. The lowest BCUT2D eigenvalue weighted by Crippen LogP contribution is -2.15. The summed E-state index contributed by atoms with van der Waals surface area (Å²) in [5.74, 6) is 2.63. The fraction of sp³-hybridized carbons (Fsp3) is 0.615. The van der Waals surface area contributed by atoms with Crippen LogP contribution in [-0.2, 0) is 9.53 Å². The van der Waals surface area contributed by atoms with Gasteiger partial charge in [-0.25, -0.2) is 4.79 Å². The normalized spacial score (nSPS) is 41.2. The van der Waals surface area contributed by atoms with E-state index in [2.05, 4.69) is 19.1 Å². The number of allylic oxidation sites excluding steroid dienone is 3. The fourth-order valence-corrected chi connectivity index (χ4v) is 3.81. The molecule has 0 aromatic rings. The minimum absolute atomic E-state index is 0.110. The number of hydrogen-bond donors (Lipinski definition) is 0. The molecule has 2 heteroatoms. The van der Waals surface area contributed by atoms with E-state index in [9.17, 15) is 4.79 Å². The molecule has 0 radical (unpaired) electrons. The van der Waals surface area contributed by atoms with Crippen LogP contribution in [0.3, 0.4) is 0 Å². The summed E-state index contributed by atoms with van der Waals surface area (Å²) in [5.41, 5.74) is 2.25. The van der Waals surface area contributed by atoms with Crippen LogP contribution in [0.1, 0.15) is 19.8 Å². The maximum atomic E-state index is 11.6. The first-order valence-electron chi connectivity index (χ1n) is 5.68. The third-order valence-electron chi connectivity index (χ3n) is 4.47. The van der Waals surface area contributed by atoms with Crippen molar-refractivity contribution < 1.29 is 9.53 Å². The molecule has 2 bridgehead atoms. The third-order valence-corrected chi connectivity index (χ3v) is 4.47. The number of esters is 1. The van der Waals surface area contributed by atoms with E-state index >= 15 is 0 Å². The Balaban J connectivity index is 1.94. The summed E-state index contributed by atoms with van der Waals surface area (Å²) in [6.45, 7) is 2.12. The molecule has 0 saturated heterocycles. The van der Waals surface area contributed by atoms with Gasteiger partial charge in [0.05, 0.1) is 7.11 Å². The summed E-state index contributed by atoms with van der Waals surface area (Å²) in [5, 5.41) is 0. The molecule has 1 saturated carbocycles. The first-order chi connectivity index (χ1) is 7.22. The number of fused-ring (bicyclic) bond motifs is 5. The van der Waals surface area contributed by atoms with Crippen LogP contribution >= 0.6 is 0 Å². The minimum Gasteiger partial charge on any atom is -0.466 e. The van der Waals surface area contributed by atoms with Gasteiger partial charge in [-0.15, -0.1) is 0 Å². The van der Waals surface area contributed by atoms with E-state index in [1.54, 1.807) is 0 Å². The van der Waals surface area contributed by atoms with E-state index in [4.69, 9.17) is 4.74 Å². The Morgan fingerprint density at radius 2 is 2.13 bits per heavy atom. The van der Waals surface area contributed by atoms with Crippen LogP contribution in [0.5, 0.6) is 0 Å². The highest BCUT2D eigenvalue weighted by Crippen LogP contribution is 2.57. The van der Waals surface area contributed by atoms with Crippen molar-refractivity contribution in [3.05, 3.63) is 23.3 Å². The van der Waals surface area contributed by atoms with Gasteiger partial charge in [-0.1, -0.05) is 17.7 Å². The van der Waals surface area contributed by atoms with E-state index in [1.807, 2.05) is 0 Å². The number of hydrogen-bond acceptors (Lipinski definition) is 2. The highest BCUT2D eigenvalue weighted by molar-refractivity contribution is 5.90. The molecule has 3 aliphatic carbocycles. The van der Waals surface area contributed by atoms with Crippen molar-refractivity contribution in [2.24, 2.45) is 23.7 Å². The monoisotopic (exact) mass is 204 g/mol. The van der Waals surface area contributed by atoms with Crippen LogP contribution in [0.2, 0.25) is 0 Å². The zero-order valence-corrected chi connectivity index (χ0v) is 9.19. The third kappa shape index (κ3) is 1.08. The number of carbonyl (C=O) groups excluding carboxylic acids is 1. The Morgan fingerprint density at radius 3 is 2.80 bits per heavy atom. The van der Waals surface area contributed by atoms with Gasteiger partial charge in [0.2, 0.25) is 0 Å². The molecule has 0 heterocycles. The topological polar surface area (TPSA) is 26.3 Å². The van der Waals surface area contributed by atoms with Crippen LogP contribution in [0.15, 0.2) is 23.3 Å². The van der Waals surface area contributed by atoms with Crippen LogP contribution in [0, 0.1) is 23.7 Å². The van der Waals surface area contributed by atoms with Crippen LogP contribution in [0.4, 0.5) is 0 Å². The molecule has 4 atom stereocenters. The summed E-state index contributed by atoms with van der Waals surface area (Å²) in [4.78, 5) is 11.6. The van der Waals surface area contributed by atoms with Gasteiger partial charge in [0.25, 0.3) is 0 Å². The summed E-state index contributed by atoms with van der Waals surface area (Å²) in [6.07, 6.45) is 6.94. The lowest BCUT2D eigenvalue weighted by Gasteiger charge is -2.21. The average molecular weight is 204 g/mol. The van der Waals surface area contributed by atoms with Crippen molar-refractivity contribution in [1.29, 1.82) is 0 Å². The molecule has 0 aromatic carbocycles. The maximum absolute atomic E-state index is 11.6. The second kappa shape index (κ2) is 2.97. The summed E-state index contributed by atoms with van der Waals surface area (Å²) >= 11 is 0. The first kappa shape index (κ1) is 9.20. The van der Waals surface area contributed by atoms with Crippen molar-refractivity contribution >= 4 is 5.97 Å². The lowest BCUT2D eigenvalue weighted by molar-refractivity contribution is -0.136. The predicted octanol–water partition coefficient (Wildman–Crippen LogP) is 2.32. The van der Waals surface area contributed by atoms with Crippen LogP contribution in [0.25, 0.3) is 0 Å². The van der Waals surface area contributed by atoms with Gasteiger partial charge in [-0.2, -0.15) is 0 Å². The Morgan fingerprint density at radius 1 is 1.40 bits per heavy atom. The molecule has 4 unspecified atom stereocenters. The van der Waals surface area contributed by atoms with Crippen LogP contribution in [-0.4, -0.2) is 13.1 Å². The molecule has 0 spiro atoms. The molecular formula is C13H16O2. The standard InChI is InChI=1S/C13H16O2/c1-7-10(13(14)15-2)6-11-8-3-4-9(5-8)12(7)11/h3-4,8-9,11-12H,5-6H2,1-2H3. The van der Waals surface area contributed by atoms with Crippen molar-refractivity contribution in [3.8, 4) is 0 Å². The fourth-order valence-electron chi connectivity index (χ4n) is 3.81. The first-order valence-corrected chi connectivity index (χ1v) is 5.68. The maximum Gasteiger partial charge on any atom is 0.333 e. The highest BCUT2D eigenvalue weighted by Gasteiger charge is 2.50. The highest BCUT2D eigenvalue weighted by atomic mass is 16.5. The average Bonchev–Trinajstić information content (AvgIpc) is 2.89. The number of carbonyl (C=O) groups is 1. The Hall–Kier alpha value is -1.05. The van der Waals surface area contributed by atoms with E-state index in [1.165, 1.54) is 19.1 Å². The van der Waals surface area contributed by atoms with Gasteiger partial charge in [0.1, 0.15) is 0 Å². The van der Waals surface area contributed by atoms with E-state index in [0.29, 0.717) is 17.8 Å². The summed E-state index contributed by atoms with van der Waals surface area (Å²) in [6, 6.07) is 0. The largest absolute Gasteiger partial charge is 0.466 e. The van der Waals surface area contributed by atoms with E-state index in [0.717, 1.165) is 17.9 Å². The van der Waals surface area contributed by atoms with Crippen molar-refractivity contribution in [1.82, 2.24) is 0 Å².